The highest BCUT2D eigenvalue weighted by Crippen LogP contribution is 2.11. The van der Waals surface area contributed by atoms with Crippen molar-refractivity contribution in [3.05, 3.63) is 59.4 Å². The first kappa shape index (κ1) is 13.9. The summed E-state index contributed by atoms with van der Waals surface area (Å²) in [4.78, 5) is 26.5. The number of aryl methyl sites for hydroxylation is 1. The Hall–Kier alpha value is -2.49. The molecule has 0 aliphatic carbocycles. The van der Waals surface area contributed by atoms with Crippen molar-refractivity contribution in [2.75, 3.05) is 6.61 Å². The van der Waals surface area contributed by atoms with Gasteiger partial charge in [0, 0.05) is 11.8 Å². The molecule has 0 aliphatic rings. The van der Waals surface area contributed by atoms with E-state index in [9.17, 15) is 9.59 Å². The van der Waals surface area contributed by atoms with Gasteiger partial charge in [-0.1, -0.05) is 13.0 Å². The second-order valence-electron chi connectivity index (χ2n) is 4.30. The van der Waals surface area contributed by atoms with Crippen molar-refractivity contribution < 1.29 is 14.3 Å². The summed E-state index contributed by atoms with van der Waals surface area (Å²) >= 11 is 0. The Balaban J connectivity index is 1.94. The molecule has 2 rings (SSSR count). The highest BCUT2D eigenvalue weighted by Gasteiger charge is 2.08. The molecular formula is C16H15NO3. The van der Waals surface area contributed by atoms with Crippen LogP contribution >= 0.6 is 0 Å². The van der Waals surface area contributed by atoms with Crippen LogP contribution in [0.5, 0.6) is 5.75 Å². The second-order valence-corrected chi connectivity index (χ2v) is 4.30. The number of rotatable bonds is 6. The van der Waals surface area contributed by atoms with Gasteiger partial charge in [-0.15, -0.1) is 0 Å². The Bertz CT molecular complexity index is 588. The van der Waals surface area contributed by atoms with Gasteiger partial charge in [-0.05, 0) is 42.3 Å². The van der Waals surface area contributed by atoms with Crippen molar-refractivity contribution in [2.45, 2.75) is 13.3 Å². The highest BCUT2D eigenvalue weighted by molar-refractivity contribution is 5.95. The molecule has 0 amide bonds. The second kappa shape index (κ2) is 6.61. The lowest BCUT2D eigenvalue weighted by atomic mass is 10.2. The summed E-state index contributed by atoms with van der Waals surface area (Å²) in [6.45, 7) is 1.96. The van der Waals surface area contributed by atoms with Crippen LogP contribution < -0.4 is 4.74 Å². The molecule has 0 saturated carbocycles. The van der Waals surface area contributed by atoms with Gasteiger partial charge in [0.1, 0.15) is 17.7 Å². The van der Waals surface area contributed by atoms with Crippen molar-refractivity contribution in [3.8, 4) is 5.75 Å². The van der Waals surface area contributed by atoms with Crippen molar-refractivity contribution in [3.63, 3.8) is 0 Å². The van der Waals surface area contributed by atoms with E-state index >= 15 is 0 Å². The molecule has 2 aromatic rings. The number of carbonyl (C=O) groups is 2. The van der Waals surface area contributed by atoms with Gasteiger partial charge < -0.3 is 4.74 Å². The van der Waals surface area contributed by atoms with Gasteiger partial charge in [-0.3, -0.25) is 14.6 Å². The Labute approximate surface area is 117 Å². The lowest BCUT2D eigenvalue weighted by Crippen LogP contribution is -2.13. The van der Waals surface area contributed by atoms with E-state index in [0.717, 1.165) is 18.3 Å². The molecule has 102 valence electrons. The maximum Gasteiger partial charge on any atom is 0.218 e. The van der Waals surface area contributed by atoms with Crippen LogP contribution in [-0.4, -0.2) is 23.7 Å². The van der Waals surface area contributed by atoms with Crippen molar-refractivity contribution in [2.24, 2.45) is 0 Å². The van der Waals surface area contributed by atoms with Gasteiger partial charge in [0.2, 0.25) is 5.78 Å². The first-order valence-corrected chi connectivity index (χ1v) is 6.39. The van der Waals surface area contributed by atoms with E-state index < -0.39 is 0 Å². The largest absolute Gasteiger partial charge is 0.485 e. The predicted octanol–water partition coefficient (Wildman–Crippen LogP) is 2.72. The van der Waals surface area contributed by atoms with E-state index in [-0.39, 0.29) is 12.4 Å². The fourth-order valence-electron chi connectivity index (χ4n) is 1.66. The van der Waals surface area contributed by atoms with E-state index in [0.29, 0.717) is 17.0 Å². The van der Waals surface area contributed by atoms with Crippen LogP contribution in [0.4, 0.5) is 0 Å². The number of ether oxygens (including phenoxy) is 1. The van der Waals surface area contributed by atoms with Crippen LogP contribution in [0.3, 0.4) is 0 Å². The Morgan fingerprint density at radius 1 is 1.20 bits per heavy atom. The third-order valence-corrected chi connectivity index (χ3v) is 2.90. The van der Waals surface area contributed by atoms with Gasteiger partial charge in [0.25, 0.3) is 0 Å². The van der Waals surface area contributed by atoms with Gasteiger partial charge in [-0.2, -0.15) is 0 Å². The average molecular weight is 269 g/mol. The van der Waals surface area contributed by atoms with Crippen molar-refractivity contribution in [1.29, 1.82) is 0 Å². The minimum Gasteiger partial charge on any atom is -0.485 e. The van der Waals surface area contributed by atoms with Gasteiger partial charge in [-0.25, -0.2) is 0 Å². The fraction of sp³-hybridized carbons (Fsp3) is 0.188. The summed E-state index contributed by atoms with van der Waals surface area (Å²) in [5, 5.41) is 0. The van der Waals surface area contributed by atoms with Crippen molar-refractivity contribution >= 4 is 12.1 Å². The lowest BCUT2D eigenvalue weighted by molar-refractivity contribution is 0.0916. The number of hydrogen-bond acceptors (Lipinski definition) is 4. The molecule has 0 bridgehead atoms. The summed E-state index contributed by atoms with van der Waals surface area (Å²) in [7, 11) is 0. The summed E-state index contributed by atoms with van der Waals surface area (Å²) in [5.74, 6) is 0.376. The van der Waals surface area contributed by atoms with Crippen LogP contribution in [0.2, 0.25) is 0 Å². The molecule has 1 heterocycles. The summed E-state index contributed by atoms with van der Waals surface area (Å²) < 4.78 is 5.37. The number of benzene rings is 1. The van der Waals surface area contributed by atoms with E-state index in [1.165, 1.54) is 0 Å². The van der Waals surface area contributed by atoms with E-state index in [4.69, 9.17) is 4.74 Å². The van der Waals surface area contributed by atoms with Crippen LogP contribution in [0.1, 0.15) is 33.3 Å². The normalized spacial score (nSPS) is 10.1. The Kier molecular flexibility index (Phi) is 4.60. The zero-order chi connectivity index (χ0) is 14.4. The summed E-state index contributed by atoms with van der Waals surface area (Å²) in [5.41, 5.74) is 2.05. The molecule has 1 aromatic heterocycles. The van der Waals surface area contributed by atoms with Crippen LogP contribution in [0.25, 0.3) is 0 Å². The zero-order valence-corrected chi connectivity index (χ0v) is 11.2. The molecule has 1 aromatic carbocycles. The van der Waals surface area contributed by atoms with Gasteiger partial charge in [0.15, 0.2) is 6.61 Å². The SMILES string of the molecule is CCc1ccc(C(=O)COc2ccc(C=O)cc2)nc1. The van der Waals surface area contributed by atoms with Gasteiger partial charge in [0.05, 0.1) is 0 Å². The number of aldehydes is 1. The number of carbonyl (C=O) groups excluding carboxylic acids is 2. The maximum absolute atomic E-state index is 11.9. The van der Waals surface area contributed by atoms with Crippen LogP contribution in [0.15, 0.2) is 42.6 Å². The monoisotopic (exact) mass is 269 g/mol. The lowest BCUT2D eigenvalue weighted by Gasteiger charge is -2.05. The predicted molar refractivity (Wildman–Crippen MR) is 75.3 cm³/mol. The number of nitrogens with zero attached hydrogens (tertiary/aromatic N) is 1. The molecule has 0 fully saturated rings. The number of aromatic nitrogens is 1. The smallest absolute Gasteiger partial charge is 0.218 e. The molecule has 4 heteroatoms. The molecule has 4 nitrogen and oxygen atoms in total. The quantitative estimate of drug-likeness (QED) is 0.597. The summed E-state index contributed by atoms with van der Waals surface area (Å²) in [6.07, 6.45) is 3.35. The van der Waals surface area contributed by atoms with E-state index in [2.05, 4.69) is 4.98 Å². The standard InChI is InChI=1S/C16H15NO3/c1-2-12-5-8-15(17-9-12)16(19)11-20-14-6-3-13(10-18)4-7-14/h3-10H,2,11H2,1H3. The minimum atomic E-state index is -0.174. The Morgan fingerprint density at radius 2 is 1.95 bits per heavy atom. The van der Waals surface area contributed by atoms with E-state index in [1.54, 1.807) is 36.5 Å². The summed E-state index contributed by atoms with van der Waals surface area (Å²) in [6, 6.07) is 10.2. The first-order valence-electron chi connectivity index (χ1n) is 6.39. The molecule has 0 aliphatic heterocycles. The van der Waals surface area contributed by atoms with Gasteiger partial charge >= 0.3 is 0 Å². The van der Waals surface area contributed by atoms with Crippen LogP contribution in [-0.2, 0) is 6.42 Å². The molecule has 0 N–H and O–H groups in total. The zero-order valence-electron chi connectivity index (χ0n) is 11.2. The minimum absolute atomic E-state index is 0.0705. The number of hydrogen-bond donors (Lipinski definition) is 0. The van der Waals surface area contributed by atoms with E-state index in [1.807, 2.05) is 13.0 Å². The molecule has 0 radical (unpaired) electrons. The maximum atomic E-state index is 11.9. The fourth-order valence-corrected chi connectivity index (χ4v) is 1.66. The third-order valence-electron chi connectivity index (χ3n) is 2.90. The molecule has 20 heavy (non-hydrogen) atoms. The molecular weight excluding hydrogens is 254 g/mol. The number of ketones is 1. The number of Topliss-reactive ketones (excluding diaryl/α,β-unsaturated/α-hetero) is 1. The molecule has 0 spiro atoms. The third kappa shape index (κ3) is 3.51. The van der Waals surface area contributed by atoms with Crippen LogP contribution in [0, 0.1) is 0 Å². The first-order chi connectivity index (χ1) is 9.72. The highest BCUT2D eigenvalue weighted by atomic mass is 16.5. The topological polar surface area (TPSA) is 56.3 Å². The average Bonchev–Trinajstić information content (AvgIpc) is 2.53. The Morgan fingerprint density at radius 3 is 2.50 bits per heavy atom. The van der Waals surface area contributed by atoms with Crippen molar-refractivity contribution in [1.82, 2.24) is 4.98 Å². The molecule has 0 unspecified atom stereocenters. The molecule has 0 atom stereocenters. The molecule has 0 saturated heterocycles. The number of pyridine rings is 1.